The number of aromatic nitrogens is 3. The highest BCUT2D eigenvalue weighted by Gasteiger charge is 2.19. The first kappa shape index (κ1) is 17.5. The Kier molecular flexibility index (Phi) is 6.21. The third kappa shape index (κ3) is 4.58. The van der Waals surface area contributed by atoms with Gasteiger partial charge in [-0.1, -0.05) is 49.0 Å². The summed E-state index contributed by atoms with van der Waals surface area (Å²) in [6, 6.07) is 10.3. The van der Waals surface area contributed by atoms with Crippen molar-refractivity contribution in [3.05, 3.63) is 41.7 Å². The molecule has 0 saturated heterocycles. The van der Waals surface area contributed by atoms with Gasteiger partial charge in [-0.2, -0.15) is 0 Å². The summed E-state index contributed by atoms with van der Waals surface area (Å²) in [6.45, 7) is 6.59. The van der Waals surface area contributed by atoms with Crippen LogP contribution in [0.5, 0.6) is 0 Å². The number of hydrogen-bond donors (Lipinski definition) is 1. The lowest BCUT2D eigenvalue weighted by Crippen LogP contribution is -2.34. The molecular weight excluding hydrogens is 308 g/mol. The summed E-state index contributed by atoms with van der Waals surface area (Å²) in [5.41, 5.74) is 1.26. The van der Waals surface area contributed by atoms with Crippen LogP contribution in [0, 0.1) is 6.92 Å². The first-order valence-corrected chi connectivity index (χ1v) is 8.76. The van der Waals surface area contributed by atoms with E-state index in [2.05, 4.69) is 34.6 Å². The molecule has 1 heterocycles. The van der Waals surface area contributed by atoms with Gasteiger partial charge in [-0.05, 0) is 25.8 Å². The second kappa shape index (κ2) is 8.15. The van der Waals surface area contributed by atoms with Crippen LogP contribution in [0.1, 0.15) is 37.6 Å². The topological polar surface area (TPSA) is 59.8 Å². The molecule has 1 amide bonds. The number of nitrogens with one attached hydrogen (secondary N) is 1. The van der Waals surface area contributed by atoms with Gasteiger partial charge in [0.25, 0.3) is 0 Å². The predicted octanol–water partition coefficient (Wildman–Crippen LogP) is 2.91. The van der Waals surface area contributed by atoms with Crippen LogP contribution in [0.3, 0.4) is 0 Å². The fourth-order valence-corrected chi connectivity index (χ4v) is 3.18. The molecule has 124 valence electrons. The van der Waals surface area contributed by atoms with Crippen LogP contribution in [0.15, 0.2) is 35.5 Å². The van der Waals surface area contributed by atoms with Crippen molar-refractivity contribution in [3.8, 4) is 0 Å². The van der Waals surface area contributed by atoms with E-state index in [4.69, 9.17) is 0 Å². The molecule has 0 unspecified atom stereocenters. The second-order valence-electron chi connectivity index (χ2n) is 5.61. The molecule has 1 aromatic heterocycles. The lowest BCUT2D eigenvalue weighted by molar-refractivity contribution is -0.120. The molecule has 1 N–H and O–H groups in total. The molecule has 2 rings (SSSR count). The molecule has 2 aromatic rings. The van der Waals surface area contributed by atoms with Crippen LogP contribution in [-0.2, 0) is 11.8 Å². The Bertz CT molecular complexity index is 641. The maximum absolute atomic E-state index is 12.3. The molecule has 5 nitrogen and oxygen atoms in total. The van der Waals surface area contributed by atoms with E-state index in [9.17, 15) is 4.79 Å². The average molecular weight is 332 g/mol. The van der Waals surface area contributed by atoms with Gasteiger partial charge in [-0.3, -0.25) is 4.79 Å². The van der Waals surface area contributed by atoms with Gasteiger partial charge in [0.2, 0.25) is 5.91 Å². The van der Waals surface area contributed by atoms with Gasteiger partial charge < -0.3 is 9.88 Å². The monoisotopic (exact) mass is 332 g/mol. The zero-order valence-corrected chi connectivity index (χ0v) is 14.9. The number of carbonyl (C=O) groups is 1. The zero-order valence-electron chi connectivity index (χ0n) is 14.1. The van der Waals surface area contributed by atoms with Gasteiger partial charge in [-0.25, -0.2) is 0 Å². The number of hydrogen-bond acceptors (Lipinski definition) is 4. The highest BCUT2D eigenvalue weighted by atomic mass is 32.2. The van der Waals surface area contributed by atoms with Crippen molar-refractivity contribution in [2.45, 2.75) is 43.5 Å². The number of benzene rings is 1. The molecule has 6 heteroatoms. The number of aryl methyl sites for hydroxylation is 1. The molecule has 0 saturated carbocycles. The first-order valence-electron chi connectivity index (χ1n) is 7.88. The predicted molar refractivity (Wildman–Crippen MR) is 93.5 cm³/mol. The Morgan fingerprint density at radius 1 is 1.30 bits per heavy atom. The SMILES string of the molecule is CC[C@@H](CNC(=O)[C@@H](C)Sc1nnc(C)n1C)c1ccccc1. The summed E-state index contributed by atoms with van der Waals surface area (Å²) in [4.78, 5) is 12.3. The van der Waals surface area contributed by atoms with Gasteiger partial charge >= 0.3 is 0 Å². The molecule has 23 heavy (non-hydrogen) atoms. The maximum Gasteiger partial charge on any atom is 0.233 e. The summed E-state index contributed by atoms with van der Waals surface area (Å²) >= 11 is 1.43. The van der Waals surface area contributed by atoms with Gasteiger partial charge in [0.1, 0.15) is 5.82 Å². The summed E-state index contributed by atoms with van der Waals surface area (Å²) in [6.07, 6.45) is 0.994. The molecule has 0 fully saturated rings. The van der Waals surface area contributed by atoms with E-state index < -0.39 is 0 Å². The van der Waals surface area contributed by atoms with Gasteiger partial charge in [-0.15, -0.1) is 10.2 Å². The third-order valence-corrected chi connectivity index (χ3v) is 5.12. The largest absolute Gasteiger partial charge is 0.355 e. The van der Waals surface area contributed by atoms with Crippen molar-refractivity contribution in [2.75, 3.05) is 6.54 Å². The van der Waals surface area contributed by atoms with Crippen LogP contribution in [0.4, 0.5) is 0 Å². The van der Waals surface area contributed by atoms with Crippen LogP contribution in [0.25, 0.3) is 0 Å². The van der Waals surface area contributed by atoms with E-state index in [1.165, 1.54) is 17.3 Å². The number of nitrogens with zero attached hydrogens (tertiary/aromatic N) is 3. The fraction of sp³-hybridized carbons (Fsp3) is 0.471. The lowest BCUT2D eigenvalue weighted by atomic mass is 9.96. The van der Waals surface area contributed by atoms with Gasteiger partial charge in [0.05, 0.1) is 5.25 Å². The summed E-state index contributed by atoms with van der Waals surface area (Å²) < 4.78 is 1.90. The van der Waals surface area contributed by atoms with E-state index in [0.717, 1.165) is 17.4 Å². The Hall–Kier alpha value is -1.82. The smallest absolute Gasteiger partial charge is 0.233 e. The van der Waals surface area contributed by atoms with Crippen LogP contribution in [0.2, 0.25) is 0 Å². The Labute approximate surface area is 141 Å². The zero-order chi connectivity index (χ0) is 16.8. The molecule has 1 aromatic carbocycles. The Balaban J connectivity index is 1.89. The Morgan fingerprint density at radius 2 is 2.00 bits per heavy atom. The molecule has 2 atom stereocenters. The van der Waals surface area contributed by atoms with Crippen molar-refractivity contribution in [3.63, 3.8) is 0 Å². The van der Waals surface area contributed by atoms with Gasteiger partial charge in [0, 0.05) is 19.5 Å². The Morgan fingerprint density at radius 3 is 2.57 bits per heavy atom. The van der Waals surface area contributed by atoms with E-state index in [-0.39, 0.29) is 11.2 Å². The third-order valence-electron chi connectivity index (χ3n) is 3.99. The summed E-state index contributed by atoms with van der Waals surface area (Å²) in [5, 5.41) is 11.7. The molecule has 0 aliphatic carbocycles. The molecule has 0 radical (unpaired) electrons. The molecule has 0 aliphatic rings. The second-order valence-corrected chi connectivity index (χ2v) is 6.92. The fourth-order valence-electron chi connectivity index (χ4n) is 2.29. The number of rotatable bonds is 7. The lowest BCUT2D eigenvalue weighted by Gasteiger charge is -2.18. The number of thioether (sulfide) groups is 1. The standard InChI is InChI=1S/C17H24N4OS/c1-5-14(15-9-7-6-8-10-15)11-18-16(22)12(2)23-17-20-19-13(3)21(17)4/h6-10,12,14H,5,11H2,1-4H3,(H,18,22)/t12-,14+/m1/s1. The van der Waals surface area contributed by atoms with E-state index in [1.807, 2.05) is 43.7 Å². The van der Waals surface area contributed by atoms with E-state index >= 15 is 0 Å². The minimum Gasteiger partial charge on any atom is -0.355 e. The van der Waals surface area contributed by atoms with E-state index in [1.54, 1.807) is 0 Å². The highest BCUT2D eigenvalue weighted by Crippen LogP contribution is 2.22. The van der Waals surface area contributed by atoms with Crippen molar-refractivity contribution in [1.82, 2.24) is 20.1 Å². The van der Waals surface area contributed by atoms with Crippen molar-refractivity contribution in [2.24, 2.45) is 7.05 Å². The number of amides is 1. The normalized spacial score (nSPS) is 13.6. The summed E-state index contributed by atoms with van der Waals surface area (Å²) in [5.74, 6) is 1.22. The van der Waals surface area contributed by atoms with Crippen molar-refractivity contribution >= 4 is 17.7 Å². The highest BCUT2D eigenvalue weighted by molar-refractivity contribution is 8.00. The van der Waals surface area contributed by atoms with Crippen molar-refractivity contribution < 1.29 is 4.79 Å². The molecule has 0 bridgehead atoms. The van der Waals surface area contributed by atoms with Crippen LogP contribution < -0.4 is 5.32 Å². The summed E-state index contributed by atoms with van der Waals surface area (Å²) in [7, 11) is 1.91. The van der Waals surface area contributed by atoms with Crippen molar-refractivity contribution in [1.29, 1.82) is 0 Å². The molecule has 0 aliphatic heterocycles. The van der Waals surface area contributed by atoms with Crippen LogP contribution in [-0.4, -0.2) is 32.5 Å². The van der Waals surface area contributed by atoms with E-state index in [0.29, 0.717) is 12.5 Å². The molecule has 0 spiro atoms. The first-order chi connectivity index (χ1) is 11.0. The minimum atomic E-state index is -0.203. The van der Waals surface area contributed by atoms with Crippen LogP contribution >= 0.6 is 11.8 Å². The molecular formula is C17H24N4OS. The maximum atomic E-state index is 12.3. The quantitative estimate of drug-likeness (QED) is 0.792. The van der Waals surface area contributed by atoms with Gasteiger partial charge in [0.15, 0.2) is 5.16 Å². The number of carbonyl (C=O) groups excluding carboxylic acids is 1. The average Bonchev–Trinajstić information content (AvgIpc) is 2.88. The minimum absolute atomic E-state index is 0.0324.